The third kappa shape index (κ3) is 3.94. The van der Waals surface area contributed by atoms with Crippen LogP contribution in [0.5, 0.6) is 0 Å². The van der Waals surface area contributed by atoms with Crippen molar-refractivity contribution in [2.45, 2.75) is 37.6 Å². The summed E-state index contributed by atoms with van der Waals surface area (Å²) in [6.07, 6.45) is 8.40. The van der Waals surface area contributed by atoms with Gasteiger partial charge in [-0.3, -0.25) is 4.40 Å². The molecule has 2 N–H and O–H groups in total. The molecule has 2 aromatic carbocycles. The molecule has 0 aliphatic heterocycles. The molecule has 0 spiro atoms. The number of rotatable bonds is 4. The highest BCUT2D eigenvalue weighted by molar-refractivity contribution is 5.91. The number of hydrogen-bond donors (Lipinski definition) is 1. The van der Waals surface area contributed by atoms with Gasteiger partial charge in [0.05, 0.1) is 11.2 Å². The van der Waals surface area contributed by atoms with E-state index in [1.807, 2.05) is 24.4 Å². The lowest BCUT2D eigenvalue weighted by Gasteiger charge is -2.32. The minimum atomic E-state index is 0.414. The van der Waals surface area contributed by atoms with Crippen LogP contribution in [0.15, 0.2) is 73.1 Å². The van der Waals surface area contributed by atoms with Crippen LogP contribution in [0.1, 0.15) is 37.4 Å². The summed E-state index contributed by atoms with van der Waals surface area (Å²) in [5.74, 6) is 2.01. The van der Waals surface area contributed by atoms with Crippen molar-refractivity contribution in [3.05, 3.63) is 78.9 Å². The second kappa shape index (κ2) is 8.78. The second-order valence-corrected chi connectivity index (χ2v) is 9.79. The molecule has 35 heavy (non-hydrogen) atoms. The zero-order valence-electron chi connectivity index (χ0n) is 20.2. The van der Waals surface area contributed by atoms with Gasteiger partial charge in [-0.05, 0) is 51.9 Å². The van der Waals surface area contributed by atoms with Gasteiger partial charge >= 0.3 is 0 Å². The van der Waals surface area contributed by atoms with Crippen molar-refractivity contribution >= 4 is 22.2 Å². The molecule has 3 aromatic heterocycles. The number of nitrogens with zero attached hydrogens (tertiary/aromatic N) is 5. The molecule has 6 rings (SSSR count). The van der Waals surface area contributed by atoms with Crippen LogP contribution in [0.4, 0.5) is 5.82 Å². The van der Waals surface area contributed by atoms with Crippen molar-refractivity contribution < 1.29 is 0 Å². The monoisotopic (exact) mass is 462 g/mol. The summed E-state index contributed by atoms with van der Waals surface area (Å²) in [5, 5.41) is 1.10. The molecule has 1 aliphatic rings. The molecule has 6 heteroatoms. The predicted octanol–water partition coefficient (Wildman–Crippen LogP) is 5.78. The van der Waals surface area contributed by atoms with Gasteiger partial charge in [-0.25, -0.2) is 15.0 Å². The fraction of sp³-hybridized carbons (Fsp3) is 0.276. The lowest BCUT2D eigenvalue weighted by molar-refractivity contribution is 0.214. The molecule has 5 aromatic rings. The van der Waals surface area contributed by atoms with Crippen molar-refractivity contribution in [3.8, 4) is 22.5 Å². The van der Waals surface area contributed by atoms with Crippen molar-refractivity contribution in [2.24, 2.45) is 0 Å². The second-order valence-electron chi connectivity index (χ2n) is 9.79. The number of nitrogen functional groups attached to an aromatic ring is 1. The number of fused-ring (bicyclic) bond motifs is 2. The molecule has 176 valence electrons. The first-order valence-corrected chi connectivity index (χ1v) is 12.3. The first-order valence-electron chi connectivity index (χ1n) is 12.3. The van der Waals surface area contributed by atoms with Crippen LogP contribution in [-0.2, 0) is 0 Å². The van der Waals surface area contributed by atoms with Crippen LogP contribution in [0, 0.1) is 0 Å². The van der Waals surface area contributed by atoms with Gasteiger partial charge in [0.2, 0.25) is 0 Å². The van der Waals surface area contributed by atoms with Crippen LogP contribution < -0.4 is 5.73 Å². The Kier molecular flexibility index (Phi) is 5.46. The Bertz CT molecular complexity index is 1500. The molecule has 0 saturated heterocycles. The average molecular weight is 463 g/mol. The smallest absolute Gasteiger partial charge is 0.150 e. The summed E-state index contributed by atoms with van der Waals surface area (Å²) >= 11 is 0. The van der Waals surface area contributed by atoms with E-state index in [0.29, 0.717) is 17.8 Å². The maximum Gasteiger partial charge on any atom is 0.150 e. The van der Waals surface area contributed by atoms with E-state index >= 15 is 0 Å². The molecule has 0 unspecified atom stereocenters. The number of pyridine rings is 1. The number of nitrogens with two attached hydrogens (primary N) is 1. The zero-order valence-corrected chi connectivity index (χ0v) is 20.2. The number of aromatic nitrogens is 4. The van der Waals surface area contributed by atoms with Gasteiger partial charge in [-0.15, -0.1) is 0 Å². The van der Waals surface area contributed by atoms with Crippen molar-refractivity contribution in [1.82, 2.24) is 24.3 Å². The largest absolute Gasteiger partial charge is 0.382 e. The van der Waals surface area contributed by atoms with E-state index in [0.717, 1.165) is 57.6 Å². The maximum atomic E-state index is 6.42. The van der Waals surface area contributed by atoms with E-state index in [1.54, 1.807) is 6.20 Å². The molecule has 1 aliphatic carbocycles. The van der Waals surface area contributed by atoms with Crippen molar-refractivity contribution in [3.63, 3.8) is 0 Å². The topological polar surface area (TPSA) is 72.3 Å². The summed E-state index contributed by atoms with van der Waals surface area (Å²) < 4.78 is 2.16. The standard InChI is InChI=1S/C29H30N6/c1-34(2)23-13-10-21(11-14-23)29-33-26(27-28(30)31-16-17-35(27)29)22-9-8-20-12-15-24(32-25(20)18-22)19-6-4-3-5-7-19/h3-9,12,15-18,21,23H,10-11,13-14H2,1-2H3,(H2,30,31). The lowest BCUT2D eigenvalue weighted by atomic mass is 9.85. The van der Waals surface area contributed by atoms with E-state index in [9.17, 15) is 0 Å². The van der Waals surface area contributed by atoms with Gasteiger partial charge in [0.15, 0.2) is 0 Å². The number of anilines is 1. The predicted molar refractivity (Wildman–Crippen MR) is 142 cm³/mol. The fourth-order valence-electron chi connectivity index (χ4n) is 5.46. The Hall–Kier alpha value is -3.77. The van der Waals surface area contributed by atoms with Crippen LogP contribution in [0.2, 0.25) is 0 Å². The van der Waals surface area contributed by atoms with Crippen LogP contribution >= 0.6 is 0 Å². The summed E-state index contributed by atoms with van der Waals surface area (Å²) in [6, 6.07) is 21.5. The Balaban J connectivity index is 1.44. The van der Waals surface area contributed by atoms with E-state index in [4.69, 9.17) is 15.7 Å². The lowest BCUT2D eigenvalue weighted by Crippen LogP contribution is -2.32. The normalized spacial score (nSPS) is 18.5. The third-order valence-corrected chi connectivity index (χ3v) is 7.44. The van der Waals surface area contributed by atoms with Gasteiger partial charge < -0.3 is 10.6 Å². The van der Waals surface area contributed by atoms with Crippen molar-refractivity contribution in [2.75, 3.05) is 19.8 Å². The summed E-state index contributed by atoms with van der Waals surface area (Å²) in [6.45, 7) is 0. The van der Waals surface area contributed by atoms with Crippen LogP contribution in [-0.4, -0.2) is 44.4 Å². The first-order chi connectivity index (χ1) is 17.1. The Labute approximate surface area is 205 Å². The van der Waals surface area contributed by atoms with Crippen LogP contribution in [0.25, 0.3) is 38.9 Å². The van der Waals surface area contributed by atoms with E-state index in [-0.39, 0.29) is 0 Å². The van der Waals surface area contributed by atoms with Crippen molar-refractivity contribution in [1.29, 1.82) is 0 Å². The highest BCUT2D eigenvalue weighted by Crippen LogP contribution is 2.38. The molecule has 1 saturated carbocycles. The SMILES string of the molecule is CN(C)C1CCC(c2nc(-c3ccc4ccc(-c5ccccc5)nc4c3)c3c(N)nccn23)CC1. The Morgan fingerprint density at radius 1 is 0.886 bits per heavy atom. The first kappa shape index (κ1) is 21.7. The molecule has 1 fully saturated rings. The van der Waals surface area contributed by atoms with Gasteiger partial charge in [0, 0.05) is 40.9 Å². The minimum absolute atomic E-state index is 0.414. The number of hydrogen-bond acceptors (Lipinski definition) is 5. The minimum Gasteiger partial charge on any atom is -0.382 e. The quantitative estimate of drug-likeness (QED) is 0.366. The average Bonchev–Trinajstić information content (AvgIpc) is 3.30. The van der Waals surface area contributed by atoms with E-state index in [2.05, 4.69) is 70.8 Å². The molecule has 0 atom stereocenters. The van der Waals surface area contributed by atoms with Gasteiger partial charge in [-0.1, -0.05) is 48.5 Å². The number of benzene rings is 2. The molecular weight excluding hydrogens is 432 g/mol. The molecule has 0 bridgehead atoms. The molecule has 0 amide bonds. The fourth-order valence-corrected chi connectivity index (χ4v) is 5.46. The van der Waals surface area contributed by atoms with Crippen LogP contribution in [0.3, 0.4) is 0 Å². The summed E-state index contributed by atoms with van der Waals surface area (Å²) in [5.41, 5.74) is 12.2. The molecular formula is C29H30N6. The third-order valence-electron chi connectivity index (χ3n) is 7.44. The summed E-state index contributed by atoms with van der Waals surface area (Å²) in [7, 11) is 4.36. The number of imidazole rings is 1. The molecule has 6 nitrogen and oxygen atoms in total. The molecule has 3 heterocycles. The van der Waals surface area contributed by atoms with Gasteiger partial charge in [0.25, 0.3) is 0 Å². The summed E-state index contributed by atoms with van der Waals surface area (Å²) in [4.78, 5) is 16.9. The van der Waals surface area contributed by atoms with E-state index < -0.39 is 0 Å². The molecule has 0 radical (unpaired) electrons. The van der Waals surface area contributed by atoms with E-state index in [1.165, 1.54) is 12.8 Å². The Morgan fingerprint density at radius 2 is 1.66 bits per heavy atom. The Morgan fingerprint density at radius 3 is 2.43 bits per heavy atom. The maximum absolute atomic E-state index is 6.42. The van der Waals surface area contributed by atoms with Gasteiger partial charge in [-0.2, -0.15) is 0 Å². The highest BCUT2D eigenvalue weighted by atomic mass is 15.1. The highest BCUT2D eigenvalue weighted by Gasteiger charge is 2.28. The zero-order chi connectivity index (χ0) is 23.9. The van der Waals surface area contributed by atoms with Gasteiger partial charge in [0.1, 0.15) is 22.9 Å².